The zero-order valence-electron chi connectivity index (χ0n) is 14.9. The van der Waals surface area contributed by atoms with Gasteiger partial charge < -0.3 is 20.3 Å². The minimum Gasteiger partial charge on any atom is -0.381 e. The second-order valence-electron chi connectivity index (χ2n) is 6.08. The number of guanidine groups is 1. The summed E-state index contributed by atoms with van der Waals surface area (Å²) in [6.07, 6.45) is 1.09. The molecule has 1 fully saturated rings. The molecule has 0 spiro atoms. The third-order valence-electron chi connectivity index (χ3n) is 4.03. The van der Waals surface area contributed by atoms with Crippen molar-refractivity contribution in [2.24, 2.45) is 10.9 Å². The van der Waals surface area contributed by atoms with Crippen LogP contribution in [0.25, 0.3) is 0 Å². The number of aliphatic imine (C=N–C) groups is 1. The van der Waals surface area contributed by atoms with E-state index in [-0.39, 0.29) is 5.91 Å². The van der Waals surface area contributed by atoms with Crippen molar-refractivity contribution in [2.75, 3.05) is 46.4 Å². The molecule has 1 aromatic carbocycles. The third-order valence-corrected chi connectivity index (χ3v) is 4.36. The first kappa shape index (κ1) is 19.5. The zero-order chi connectivity index (χ0) is 18.1. The van der Waals surface area contributed by atoms with Gasteiger partial charge in [0.2, 0.25) is 0 Å². The van der Waals surface area contributed by atoms with Crippen LogP contribution < -0.4 is 10.6 Å². The van der Waals surface area contributed by atoms with Gasteiger partial charge >= 0.3 is 0 Å². The Hall–Kier alpha value is -1.79. The predicted molar refractivity (Wildman–Crippen MR) is 101 cm³/mol. The Morgan fingerprint density at radius 3 is 2.88 bits per heavy atom. The van der Waals surface area contributed by atoms with E-state index >= 15 is 0 Å². The lowest BCUT2D eigenvalue weighted by molar-refractivity contribution is 0.0955. The largest absolute Gasteiger partial charge is 0.381 e. The van der Waals surface area contributed by atoms with Crippen LogP contribution in [-0.4, -0.2) is 63.2 Å². The van der Waals surface area contributed by atoms with Gasteiger partial charge in [-0.1, -0.05) is 23.7 Å². The van der Waals surface area contributed by atoms with Crippen molar-refractivity contribution in [3.8, 4) is 0 Å². The minimum atomic E-state index is -0.178. The fraction of sp³-hybridized carbons (Fsp3) is 0.556. The number of carbonyl (C=O) groups excluding carboxylic acids is 1. The fourth-order valence-corrected chi connectivity index (χ4v) is 2.96. The molecule has 1 heterocycles. The number of rotatable bonds is 7. The van der Waals surface area contributed by atoms with Crippen molar-refractivity contribution >= 4 is 23.5 Å². The molecular weight excluding hydrogens is 340 g/mol. The SMILES string of the molecule is CCNC(=NCCNC(=O)c1ccccc1Cl)N(C)CC1CCOC1. The Balaban J connectivity index is 1.82. The summed E-state index contributed by atoms with van der Waals surface area (Å²) >= 11 is 6.03. The predicted octanol–water partition coefficient (Wildman–Crippen LogP) is 2.00. The van der Waals surface area contributed by atoms with Crippen LogP contribution in [0.4, 0.5) is 0 Å². The number of ether oxygens (including phenoxy) is 1. The van der Waals surface area contributed by atoms with Gasteiger partial charge in [-0.15, -0.1) is 0 Å². The van der Waals surface area contributed by atoms with Gasteiger partial charge in [-0.05, 0) is 25.5 Å². The molecule has 7 heteroatoms. The summed E-state index contributed by atoms with van der Waals surface area (Å²) in [4.78, 5) is 18.8. The summed E-state index contributed by atoms with van der Waals surface area (Å²) in [6.45, 7) is 6.39. The Morgan fingerprint density at radius 2 is 2.20 bits per heavy atom. The fourth-order valence-electron chi connectivity index (χ4n) is 2.74. The van der Waals surface area contributed by atoms with E-state index in [0.717, 1.165) is 38.7 Å². The number of benzene rings is 1. The van der Waals surface area contributed by atoms with Gasteiger partial charge in [0.1, 0.15) is 0 Å². The molecule has 1 atom stereocenters. The highest BCUT2D eigenvalue weighted by Gasteiger charge is 2.19. The second-order valence-corrected chi connectivity index (χ2v) is 6.49. The maximum absolute atomic E-state index is 12.1. The molecule has 1 aromatic rings. The maximum atomic E-state index is 12.1. The molecule has 0 saturated carbocycles. The molecule has 2 N–H and O–H groups in total. The zero-order valence-corrected chi connectivity index (χ0v) is 15.7. The molecule has 1 unspecified atom stereocenters. The van der Waals surface area contributed by atoms with E-state index in [1.807, 2.05) is 14.0 Å². The molecule has 1 saturated heterocycles. The number of nitrogens with one attached hydrogen (secondary N) is 2. The number of amides is 1. The molecule has 0 aromatic heterocycles. The van der Waals surface area contributed by atoms with E-state index < -0.39 is 0 Å². The average molecular weight is 367 g/mol. The van der Waals surface area contributed by atoms with Crippen molar-refractivity contribution in [3.63, 3.8) is 0 Å². The van der Waals surface area contributed by atoms with Crippen molar-refractivity contribution in [3.05, 3.63) is 34.9 Å². The van der Waals surface area contributed by atoms with Crippen LogP contribution in [0.2, 0.25) is 5.02 Å². The third kappa shape index (κ3) is 6.21. The van der Waals surface area contributed by atoms with E-state index in [0.29, 0.717) is 29.6 Å². The van der Waals surface area contributed by atoms with Crippen LogP contribution >= 0.6 is 11.6 Å². The molecule has 1 amide bonds. The molecule has 0 bridgehead atoms. The quantitative estimate of drug-likeness (QED) is 0.440. The van der Waals surface area contributed by atoms with E-state index in [1.54, 1.807) is 24.3 Å². The summed E-state index contributed by atoms with van der Waals surface area (Å²) in [5.41, 5.74) is 0.485. The lowest BCUT2D eigenvalue weighted by atomic mass is 10.1. The Kier molecular flexibility index (Phi) is 8.01. The van der Waals surface area contributed by atoms with Gasteiger partial charge in [0.05, 0.1) is 23.7 Å². The van der Waals surface area contributed by atoms with Gasteiger partial charge in [-0.2, -0.15) is 0 Å². The summed E-state index contributed by atoms with van der Waals surface area (Å²) in [5.74, 6) is 1.22. The number of hydrogen-bond donors (Lipinski definition) is 2. The molecule has 2 rings (SSSR count). The number of halogens is 1. The average Bonchev–Trinajstić information content (AvgIpc) is 3.10. The van der Waals surface area contributed by atoms with Gasteiger partial charge in [0.15, 0.2) is 5.96 Å². The van der Waals surface area contributed by atoms with Gasteiger partial charge in [0.25, 0.3) is 5.91 Å². The summed E-state index contributed by atoms with van der Waals surface area (Å²) in [6, 6.07) is 7.02. The summed E-state index contributed by atoms with van der Waals surface area (Å²) < 4.78 is 5.43. The molecule has 6 nitrogen and oxygen atoms in total. The van der Waals surface area contributed by atoms with Crippen molar-refractivity contribution in [1.82, 2.24) is 15.5 Å². The van der Waals surface area contributed by atoms with Gasteiger partial charge in [0, 0.05) is 39.2 Å². The minimum absolute atomic E-state index is 0.178. The van der Waals surface area contributed by atoms with Crippen molar-refractivity contribution < 1.29 is 9.53 Å². The standard InChI is InChI=1S/C18H27ClN4O2/c1-3-20-18(23(2)12-14-8-11-25-13-14)22-10-9-21-17(24)15-6-4-5-7-16(15)19/h4-7,14H,3,8-13H2,1-2H3,(H,20,22)(H,21,24). The van der Waals surface area contributed by atoms with E-state index in [9.17, 15) is 4.79 Å². The van der Waals surface area contributed by atoms with Gasteiger partial charge in [-0.25, -0.2) is 0 Å². The first-order chi connectivity index (χ1) is 12.1. The molecule has 138 valence electrons. The number of nitrogens with zero attached hydrogens (tertiary/aromatic N) is 2. The Morgan fingerprint density at radius 1 is 1.40 bits per heavy atom. The van der Waals surface area contributed by atoms with E-state index in [4.69, 9.17) is 16.3 Å². The van der Waals surface area contributed by atoms with Crippen LogP contribution in [-0.2, 0) is 4.74 Å². The molecule has 0 aliphatic carbocycles. The maximum Gasteiger partial charge on any atom is 0.252 e. The van der Waals surface area contributed by atoms with Gasteiger partial charge in [-0.3, -0.25) is 9.79 Å². The highest BCUT2D eigenvalue weighted by Crippen LogP contribution is 2.14. The highest BCUT2D eigenvalue weighted by molar-refractivity contribution is 6.33. The number of carbonyl (C=O) groups is 1. The molecular formula is C18H27ClN4O2. The van der Waals surface area contributed by atoms with Crippen molar-refractivity contribution in [2.45, 2.75) is 13.3 Å². The normalized spacial score (nSPS) is 17.4. The first-order valence-corrected chi connectivity index (χ1v) is 9.09. The van der Waals surface area contributed by atoms with Crippen LogP contribution in [0.1, 0.15) is 23.7 Å². The topological polar surface area (TPSA) is 66.0 Å². The van der Waals surface area contributed by atoms with Crippen LogP contribution in [0, 0.1) is 5.92 Å². The Bertz CT molecular complexity index is 588. The smallest absolute Gasteiger partial charge is 0.252 e. The first-order valence-electron chi connectivity index (χ1n) is 8.71. The second kappa shape index (κ2) is 10.3. The van der Waals surface area contributed by atoms with E-state index in [2.05, 4.69) is 20.5 Å². The van der Waals surface area contributed by atoms with E-state index in [1.165, 1.54) is 0 Å². The highest BCUT2D eigenvalue weighted by atomic mass is 35.5. The molecule has 25 heavy (non-hydrogen) atoms. The van der Waals surface area contributed by atoms with Crippen LogP contribution in [0.5, 0.6) is 0 Å². The van der Waals surface area contributed by atoms with Crippen LogP contribution in [0.15, 0.2) is 29.3 Å². The summed E-state index contributed by atoms with van der Waals surface area (Å²) in [7, 11) is 2.03. The van der Waals surface area contributed by atoms with Crippen LogP contribution in [0.3, 0.4) is 0 Å². The monoisotopic (exact) mass is 366 g/mol. The Labute approximate surface area is 154 Å². The van der Waals surface area contributed by atoms with Crippen molar-refractivity contribution in [1.29, 1.82) is 0 Å². The molecule has 1 aliphatic rings. The summed E-state index contributed by atoms with van der Waals surface area (Å²) in [5, 5.41) is 6.59. The molecule has 0 radical (unpaired) electrons. The lowest BCUT2D eigenvalue weighted by Gasteiger charge is -2.24. The molecule has 1 aliphatic heterocycles. The number of hydrogen-bond acceptors (Lipinski definition) is 3. The lowest BCUT2D eigenvalue weighted by Crippen LogP contribution is -2.42.